The van der Waals surface area contributed by atoms with Crippen LogP contribution in [0.15, 0.2) is 77.6 Å². The van der Waals surface area contributed by atoms with Gasteiger partial charge in [0.05, 0.1) is 49.3 Å². The maximum atomic E-state index is 14.3. The summed E-state index contributed by atoms with van der Waals surface area (Å²) in [6.07, 6.45) is 1.03. The molecule has 0 atom stereocenters. The van der Waals surface area contributed by atoms with Gasteiger partial charge in [0.2, 0.25) is 0 Å². The van der Waals surface area contributed by atoms with E-state index in [1.54, 1.807) is 30.3 Å². The highest BCUT2D eigenvalue weighted by Crippen LogP contribution is 2.16. The van der Waals surface area contributed by atoms with E-state index in [1.807, 2.05) is 11.0 Å². The zero-order valence-corrected chi connectivity index (χ0v) is 20.0. The van der Waals surface area contributed by atoms with Gasteiger partial charge in [-0.05, 0) is 48.1 Å². The number of para-hydroxylation sites is 1. The number of aromatic nitrogens is 2. The van der Waals surface area contributed by atoms with Crippen molar-refractivity contribution in [2.24, 2.45) is 0 Å². The van der Waals surface area contributed by atoms with Crippen LogP contribution in [0, 0.1) is 10.6 Å². The Kier molecular flexibility index (Phi) is 6.57. The van der Waals surface area contributed by atoms with Gasteiger partial charge in [-0.1, -0.05) is 42.5 Å². The van der Waals surface area contributed by atoms with Gasteiger partial charge < -0.3 is 14.8 Å². The molecule has 8 heteroatoms. The topological polar surface area (TPSA) is 62.5 Å². The highest BCUT2D eigenvalue weighted by atomic mass is 32.1. The van der Waals surface area contributed by atoms with Crippen molar-refractivity contribution < 1.29 is 14.1 Å². The summed E-state index contributed by atoms with van der Waals surface area (Å²) in [6.45, 7) is 4.23. The number of amides is 1. The smallest absolute Gasteiger partial charge is 0.266 e. The molecule has 1 fully saturated rings. The Morgan fingerprint density at radius 3 is 2.46 bits per heavy atom. The van der Waals surface area contributed by atoms with Gasteiger partial charge in [-0.2, -0.15) is 0 Å². The number of carbonyl (C=O) groups is 1. The van der Waals surface area contributed by atoms with Gasteiger partial charge in [0, 0.05) is 12.0 Å². The Balaban J connectivity index is 1.31. The van der Waals surface area contributed by atoms with E-state index >= 15 is 0 Å². The Morgan fingerprint density at radius 1 is 1.00 bits per heavy atom. The van der Waals surface area contributed by atoms with E-state index in [2.05, 4.69) is 29.2 Å². The van der Waals surface area contributed by atoms with Crippen LogP contribution in [0.4, 0.5) is 4.39 Å². The average molecular weight is 490 g/mol. The first-order valence-electron chi connectivity index (χ1n) is 11.7. The maximum absolute atomic E-state index is 14.3. The molecule has 3 aromatic carbocycles. The molecule has 1 saturated heterocycles. The summed E-state index contributed by atoms with van der Waals surface area (Å²) in [4.78, 5) is 32.6. The number of nitrogens with one attached hydrogen (secondary N) is 2. The molecule has 1 aliphatic heterocycles. The van der Waals surface area contributed by atoms with Crippen molar-refractivity contribution in [1.29, 1.82) is 0 Å². The van der Waals surface area contributed by atoms with Gasteiger partial charge in [0.1, 0.15) is 5.82 Å². The molecule has 0 spiro atoms. The van der Waals surface area contributed by atoms with Gasteiger partial charge in [0.25, 0.3) is 11.5 Å². The van der Waals surface area contributed by atoms with Crippen molar-refractivity contribution in [2.45, 2.75) is 6.42 Å². The number of fused-ring (bicyclic) bond motifs is 1. The maximum Gasteiger partial charge on any atom is 0.266 e. The Labute approximate surface area is 207 Å². The third-order valence-corrected chi connectivity index (χ3v) is 6.89. The van der Waals surface area contributed by atoms with Crippen LogP contribution >= 0.6 is 12.2 Å². The third-order valence-electron chi connectivity index (χ3n) is 6.61. The fourth-order valence-corrected chi connectivity index (χ4v) is 4.92. The largest absolute Gasteiger partial charge is 0.332 e. The zero-order valence-electron chi connectivity index (χ0n) is 19.2. The van der Waals surface area contributed by atoms with E-state index in [9.17, 15) is 14.0 Å². The molecule has 1 amide bonds. The van der Waals surface area contributed by atoms with E-state index in [0.29, 0.717) is 29.6 Å². The monoisotopic (exact) mass is 489 g/mol. The predicted molar refractivity (Wildman–Crippen MR) is 136 cm³/mol. The van der Waals surface area contributed by atoms with Gasteiger partial charge in [-0.15, -0.1) is 0 Å². The standard InChI is InChI=1S/C27H25FN4O2S/c28-22-8-4-5-9-24(22)32-26(34)21-11-10-20(18-23(21)29-27(32)35)25(33)31-16-14-30(15-17-31)13-12-19-6-2-1-3-7-19/h1-11,18H,12-17H2,(H,29,35)/p+1. The van der Waals surface area contributed by atoms with Gasteiger partial charge in [-0.3, -0.25) is 9.59 Å². The molecule has 0 radical (unpaired) electrons. The summed E-state index contributed by atoms with van der Waals surface area (Å²) < 4.78 is 15.5. The summed E-state index contributed by atoms with van der Waals surface area (Å²) in [5, 5.41) is 0.341. The number of carbonyl (C=O) groups excluding carboxylic acids is 1. The van der Waals surface area contributed by atoms with Gasteiger partial charge in [0.15, 0.2) is 4.77 Å². The molecule has 0 saturated carbocycles. The minimum Gasteiger partial charge on any atom is -0.332 e. The van der Waals surface area contributed by atoms with Crippen LogP contribution < -0.4 is 10.5 Å². The molecule has 2 heterocycles. The number of piperazine rings is 1. The van der Waals surface area contributed by atoms with Crippen LogP contribution in [-0.2, 0) is 6.42 Å². The lowest BCUT2D eigenvalue weighted by molar-refractivity contribution is -0.903. The minimum absolute atomic E-state index is 0.0633. The SMILES string of the molecule is O=C(c1ccc2c(=O)n(-c3ccccc3F)c(=S)[nH]c2c1)N1CC[NH+](CCc2ccccc2)CC1. The molecule has 0 bridgehead atoms. The molecule has 0 aliphatic carbocycles. The summed E-state index contributed by atoms with van der Waals surface area (Å²) in [7, 11) is 0. The second-order valence-electron chi connectivity index (χ2n) is 8.81. The number of hydrogen-bond acceptors (Lipinski definition) is 3. The van der Waals surface area contributed by atoms with E-state index in [4.69, 9.17) is 12.2 Å². The average Bonchev–Trinajstić information content (AvgIpc) is 2.89. The zero-order chi connectivity index (χ0) is 24.4. The fraction of sp³-hybridized carbons (Fsp3) is 0.222. The highest BCUT2D eigenvalue weighted by Gasteiger charge is 2.25. The molecule has 5 rings (SSSR count). The number of nitrogens with zero attached hydrogens (tertiary/aromatic N) is 2. The fourth-order valence-electron chi connectivity index (χ4n) is 4.63. The van der Waals surface area contributed by atoms with Crippen molar-refractivity contribution in [3.63, 3.8) is 0 Å². The number of halogens is 1. The molecule has 4 aromatic rings. The lowest BCUT2D eigenvalue weighted by Crippen LogP contribution is -3.15. The minimum atomic E-state index is -0.537. The first-order chi connectivity index (χ1) is 17.0. The van der Waals surface area contributed by atoms with E-state index in [0.717, 1.165) is 30.6 Å². The van der Waals surface area contributed by atoms with Crippen LogP contribution in [0.1, 0.15) is 15.9 Å². The Morgan fingerprint density at radius 2 is 1.71 bits per heavy atom. The summed E-state index contributed by atoms with van der Waals surface area (Å²) in [5.74, 6) is -0.600. The predicted octanol–water partition coefficient (Wildman–Crippen LogP) is 2.77. The Hall–Kier alpha value is -3.62. The molecule has 35 heavy (non-hydrogen) atoms. The first-order valence-corrected chi connectivity index (χ1v) is 12.1. The molecular weight excluding hydrogens is 463 g/mol. The number of benzene rings is 3. The van der Waals surface area contributed by atoms with Crippen LogP contribution in [0.5, 0.6) is 0 Å². The summed E-state index contributed by atoms with van der Waals surface area (Å²) >= 11 is 5.36. The molecule has 1 aliphatic rings. The Bertz CT molecular complexity index is 1490. The van der Waals surface area contributed by atoms with Crippen molar-refractivity contribution in [3.8, 4) is 5.69 Å². The van der Waals surface area contributed by atoms with Crippen LogP contribution in [0.2, 0.25) is 0 Å². The number of H-pyrrole nitrogens is 1. The van der Waals surface area contributed by atoms with Gasteiger partial charge >= 0.3 is 0 Å². The molecular formula is C27H26FN4O2S+. The molecule has 178 valence electrons. The van der Waals surface area contributed by atoms with Crippen LogP contribution in [0.25, 0.3) is 16.6 Å². The number of quaternary nitrogens is 1. The number of aromatic amines is 1. The number of rotatable bonds is 5. The molecule has 1 aromatic heterocycles. The first kappa shape index (κ1) is 23.1. The molecule has 6 nitrogen and oxygen atoms in total. The van der Waals surface area contributed by atoms with E-state index in [-0.39, 0.29) is 16.4 Å². The quantitative estimate of drug-likeness (QED) is 0.424. The summed E-state index contributed by atoms with van der Waals surface area (Å²) in [5.41, 5.74) is 1.96. The normalized spacial score (nSPS) is 14.4. The molecule has 0 unspecified atom stereocenters. The van der Waals surface area contributed by atoms with Crippen molar-refractivity contribution >= 4 is 29.0 Å². The lowest BCUT2D eigenvalue weighted by Gasteiger charge is -2.32. The highest BCUT2D eigenvalue weighted by molar-refractivity contribution is 7.71. The van der Waals surface area contributed by atoms with E-state index < -0.39 is 11.4 Å². The number of hydrogen-bond donors (Lipinski definition) is 2. The van der Waals surface area contributed by atoms with Crippen molar-refractivity contribution in [1.82, 2.24) is 14.5 Å². The summed E-state index contributed by atoms with van der Waals surface area (Å²) in [6, 6.07) is 21.4. The van der Waals surface area contributed by atoms with Crippen molar-refractivity contribution in [3.05, 3.63) is 105 Å². The molecule has 2 N–H and O–H groups in total. The van der Waals surface area contributed by atoms with Gasteiger partial charge in [-0.25, -0.2) is 8.96 Å². The van der Waals surface area contributed by atoms with Crippen LogP contribution in [-0.4, -0.2) is 53.1 Å². The van der Waals surface area contributed by atoms with Crippen LogP contribution in [0.3, 0.4) is 0 Å². The van der Waals surface area contributed by atoms with E-state index in [1.165, 1.54) is 22.6 Å². The second-order valence-corrected chi connectivity index (χ2v) is 9.20. The third kappa shape index (κ3) is 4.80. The lowest BCUT2D eigenvalue weighted by atomic mass is 10.1. The second kappa shape index (κ2) is 9.93. The van der Waals surface area contributed by atoms with Crippen molar-refractivity contribution in [2.75, 3.05) is 32.7 Å².